The summed E-state index contributed by atoms with van der Waals surface area (Å²) in [5.41, 5.74) is 3.59. The molecular weight excluding hydrogens is 304 g/mol. The smallest absolute Gasteiger partial charge is 0.271 e. The number of ether oxygens (including phenoxy) is 2. The van der Waals surface area contributed by atoms with Crippen LogP contribution in [-0.2, 0) is 0 Å². The van der Waals surface area contributed by atoms with Crippen molar-refractivity contribution in [1.29, 1.82) is 0 Å². The highest BCUT2D eigenvalue weighted by Crippen LogP contribution is 2.23. The molecule has 22 heavy (non-hydrogen) atoms. The average molecular weight is 319 g/mol. The molecule has 0 aromatic heterocycles. The zero-order valence-electron chi connectivity index (χ0n) is 12.2. The van der Waals surface area contributed by atoms with E-state index in [0.29, 0.717) is 22.1 Å². The average Bonchev–Trinajstić information content (AvgIpc) is 2.54. The van der Waals surface area contributed by atoms with Gasteiger partial charge < -0.3 is 9.47 Å². The van der Waals surface area contributed by atoms with Gasteiger partial charge in [-0.3, -0.25) is 4.79 Å². The van der Waals surface area contributed by atoms with Gasteiger partial charge in [0.15, 0.2) is 0 Å². The lowest BCUT2D eigenvalue weighted by Crippen LogP contribution is -2.17. The van der Waals surface area contributed by atoms with Gasteiger partial charge in [0, 0.05) is 22.2 Å². The molecule has 114 valence electrons. The van der Waals surface area contributed by atoms with Crippen LogP contribution in [-0.4, -0.2) is 26.3 Å². The minimum Gasteiger partial charge on any atom is -0.497 e. The van der Waals surface area contributed by atoms with E-state index in [1.807, 2.05) is 0 Å². The van der Waals surface area contributed by atoms with E-state index in [0.717, 1.165) is 5.56 Å². The van der Waals surface area contributed by atoms with Crippen molar-refractivity contribution < 1.29 is 14.3 Å². The Morgan fingerprint density at radius 3 is 2.68 bits per heavy atom. The number of hydrogen-bond acceptors (Lipinski definition) is 4. The van der Waals surface area contributed by atoms with Gasteiger partial charge in [0.2, 0.25) is 0 Å². The molecule has 0 radical (unpaired) electrons. The third-order valence-corrected chi connectivity index (χ3v) is 3.13. The Balaban J connectivity index is 2.08. The van der Waals surface area contributed by atoms with Crippen molar-refractivity contribution in [1.82, 2.24) is 5.43 Å². The van der Waals surface area contributed by atoms with Crippen LogP contribution in [0.2, 0.25) is 5.02 Å². The van der Waals surface area contributed by atoms with E-state index in [9.17, 15) is 4.79 Å². The van der Waals surface area contributed by atoms with Gasteiger partial charge in [0.25, 0.3) is 5.91 Å². The topological polar surface area (TPSA) is 59.9 Å². The van der Waals surface area contributed by atoms with Crippen LogP contribution < -0.4 is 14.9 Å². The summed E-state index contributed by atoms with van der Waals surface area (Å²) in [4.78, 5) is 11.9. The molecule has 0 spiro atoms. The van der Waals surface area contributed by atoms with Crippen molar-refractivity contribution in [3.05, 3.63) is 58.6 Å². The van der Waals surface area contributed by atoms with Crippen molar-refractivity contribution in [2.24, 2.45) is 5.10 Å². The molecule has 5 nitrogen and oxygen atoms in total. The Bertz CT molecular complexity index is 702. The second kappa shape index (κ2) is 7.47. The predicted molar refractivity (Wildman–Crippen MR) is 86.1 cm³/mol. The summed E-state index contributed by atoms with van der Waals surface area (Å²) in [5, 5.41) is 4.42. The lowest BCUT2D eigenvalue weighted by molar-refractivity contribution is 0.0955. The lowest BCUT2D eigenvalue weighted by Gasteiger charge is -2.07. The highest BCUT2D eigenvalue weighted by molar-refractivity contribution is 6.30. The molecule has 2 rings (SSSR count). The first-order valence-corrected chi connectivity index (χ1v) is 6.83. The Kier molecular flexibility index (Phi) is 5.38. The quantitative estimate of drug-likeness (QED) is 0.680. The molecule has 0 saturated carbocycles. The molecular formula is C16H15ClN2O3. The summed E-state index contributed by atoms with van der Waals surface area (Å²) in [6.07, 6.45) is 1.50. The lowest BCUT2D eigenvalue weighted by atomic mass is 10.2. The molecule has 0 fully saturated rings. The van der Waals surface area contributed by atoms with Crippen LogP contribution in [0.1, 0.15) is 15.9 Å². The first-order valence-electron chi connectivity index (χ1n) is 6.45. The van der Waals surface area contributed by atoms with E-state index >= 15 is 0 Å². The normalized spacial score (nSPS) is 10.5. The highest BCUT2D eigenvalue weighted by atomic mass is 35.5. The Hall–Kier alpha value is -2.53. The Morgan fingerprint density at radius 2 is 2.00 bits per heavy atom. The SMILES string of the molecule is COc1ccc(/C=N\NC(=O)c2cccc(Cl)c2)c(OC)c1. The van der Waals surface area contributed by atoms with Crippen molar-refractivity contribution in [3.63, 3.8) is 0 Å². The standard InChI is InChI=1S/C16H15ClN2O3/c1-21-14-7-6-12(15(9-14)22-2)10-18-19-16(20)11-4-3-5-13(17)8-11/h3-10H,1-2H3,(H,19,20)/b18-10-. The number of benzene rings is 2. The van der Waals surface area contributed by atoms with Gasteiger partial charge >= 0.3 is 0 Å². The molecule has 1 N–H and O–H groups in total. The number of rotatable bonds is 5. The maximum absolute atomic E-state index is 11.9. The number of carbonyl (C=O) groups is 1. The zero-order chi connectivity index (χ0) is 15.9. The summed E-state index contributed by atoms with van der Waals surface area (Å²) >= 11 is 5.84. The summed E-state index contributed by atoms with van der Waals surface area (Å²) in [5.74, 6) is 0.934. The molecule has 0 saturated heterocycles. The fourth-order valence-corrected chi connectivity index (χ4v) is 1.97. The van der Waals surface area contributed by atoms with Gasteiger partial charge in [-0.15, -0.1) is 0 Å². The van der Waals surface area contributed by atoms with Crippen molar-refractivity contribution in [3.8, 4) is 11.5 Å². The van der Waals surface area contributed by atoms with Crippen LogP contribution in [0.5, 0.6) is 11.5 Å². The summed E-state index contributed by atoms with van der Waals surface area (Å²) in [6, 6.07) is 11.9. The van der Waals surface area contributed by atoms with E-state index in [2.05, 4.69) is 10.5 Å². The van der Waals surface area contributed by atoms with Crippen LogP contribution in [0.15, 0.2) is 47.6 Å². The second-order valence-electron chi connectivity index (χ2n) is 4.32. The molecule has 0 aliphatic carbocycles. The molecule has 0 aliphatic rings. The molecule has 0 heterocycles. The van der Waals surface area contributed by atoms with E-state index in [4.69, 9.17) is 21.1 Å². The molecule has 0 bridgehead atoms. The van der Waals surface area contributed by atoms with Crippen molar-refractivity contribution in [2.75, 3.05) is 14.2 Å². The molecule has 6 heteroatoms. The summed E-state index contributed by atoms with van der Waals surface area (Å²) in [6.45, 7) is 0. The number of methoxy groups -OCH3 is 2. The third kappa shape index (κ3) is 3.99. The van der Waals surface area contributed by atoms with E-state index in [1.165, 1.54) is 6.21 Å². The monoisotopic (exact) mass is 318 g/mol. The van der Waals surface area contributed by atoms with Crippen LogP contribution >= 0.6 is 11.6 Å². The van der Waals surface area contributed by atoms with Crippen molar-refractivity contribution in [2.45, 2.75) is 0 Å². The van der Waals surface area contributed by atoms with E-state index in [-0.39, 0.29) is 5.91 Å². The van der Waals surface area contributed by atoms with Gasteiger partial charge in [-0.05, 0) is 30.3 Å². The maximum Gasteiger partial charge on any atom is 0.271 e. The minimum atomic E-state index is -0.341. The van der Waals surface area contributed by atoms with Crippen LogP contribution in [0.3, 0.4) is 0 Å². The molecule has 1 amide bonds. The predicted octanol–water partition coefficient (Wildman–Crippen LogP) is 3.12. The molecule has 0 aliphatic heterocycles. The number of halogens is 1. The number of hydrazone groups is 1. The van der Waals surface area contributed by atoms with E-state index < -0.39 is 0 Å². The van der Waals surface area contributed by atoms with Crippen molar-refractivity contribution >= 4 is 23.7 Å². The number of nitrogens with zero attached hydrogens (tertiary/aromatic N) is 1. The van der Waals surface area contributed by atoms with Crippen LogP contribution in [0.4, 0.5) is 0 Å². The number of nitrogens with one attached hydrogen (secondary N) is 1. The van der Waals surface area contributed by atoms with Gasteiger partial charge in [-0.2, -0.15) is 5.10 Å². The number of amides is 1. The third-order valence-electron chi connectivity index (χ3n) is 2.90. The van der Waals surface area contributed by atoms with Gasteiger partial charge in [-0.25, -0.2) is 5.43 Å². The molecule has 0 atom stereocenters. The fraction of sp³-hybridized carbons (Fsp3) is 0.125. The van der Waals surface area contributed by atoms with Gasteiger partial charge in [0.1, 0.15) is 11.5 Å². The first kappa shape index (κ1) is 15.9. The van der Waals surface area contributed by atoms with Gasteiger partial charge in [-0.1, -0.05) is 17.7 Å². The molecule has 2 aromatic carbocycles. The molecule has 0 unspecified atom stereocenters. The second-order valence-corrected chi connectivity index (χ2v) is 4.75. The fourth-order valence-electron chi connectivity index (χ4n) is 1.78. The largest absolute Gasteiger partial charge is 0.497 e. The van der Waals surface area contributed by atoms with E-state index in [1.54, 1.807) is 56.7 Å². The zero-order valence-corrected chi connectivity index (χ0v) is 12.9. The van der Waals surface area contributed by atoms with Crippen LogP contribution in [0, 0.1) is 0 Å². The number of hydrogen-bond donors (Lipinski definition) is 1. The van der Waals surface area contributed by atoms with Gasteiger partial charge in [0.05, 0.1) is 20.4 Å². The minimum absolute atomic E-state index is 0.341. The Morgan fingerprint density at radius 1 is 1.18 bits per heavy atom. The highest BCUT2D eigenvalue weighted by Gasteiger charge is 2.05. The number of carbonyl (C=O) groups excluding carboxylic acids is 1. The Labute approximate surface area is 133 Å². The maximum atomic E-state index is 11.9. The van der Waals surface area contributed by atoms with Crippen LogP contribution in [0.25, 0.3) is 0 Å². The molecule has 2 aromatic rings. The summed E-state index contributed by atoms with van der Waals surface area (Å²) in [7, 11) is 3.13. The first-order chi connectivity index (χ1) is 10.6. The summed E-state index contributed by atoms with van der Waals surface area (Å²) < 4.78 is 10.4.